The first-order valence-corrected chi connectivity index (χ1v) is 8.07. The van der Waals surface area contributed by atoms with Crippen LogP contribution in [0.4, 0.5) is 5.69 Å². The minimum atomic E-state index is -0.504. The third-order valence-electron chi connectivity index (χ3n) is 4.91. The second-order valence-corrected chi connectivity index (χ2v) is 6.38. The SMILES string of the molecule is O=C1C2CC=CCC2C(=O)N1Cc1cc([N+](=O)[O-])cc2c1OCOC2. The van der Waals surface area contributed by atoms with Gasteiger partial charge in [0.15, 0.2) is 6.79 Å². The van der Waals surface area contributed by atoms with Crippen molar-refractivity contribution in [3.63, 3.8) is 0 Å². The quantitative estimate of drug-likeness (QED) is 0.359. The van der Waals surface area contributed by atoms with E-state index in [0.29, 0.717) is 29.7 Å². The number of amides is 2. The molecule has 2 amide bonds. The first-order chi connectivity index (χ1) is 12.1. The highest BCUT2D eigenvalue weighted by molar-refractivity contribution is 6.05. The molecule has 4 rings (SSSR count). The molecule has 0 aromatic heterocycles. The van der Waals surface area contributed by atoms with Crippen LogP contribution in [-0.4, -0.2) is 28.4 Å². The lowest BCUT2D eigenvalue weighted by Crippen LogP contribution is -2.31. The number of hydrogen-bond donors (Lipinski definition) is 0. The molecule has 0 saturated carbocycles. The lowest BCUT2D eigenvalue weighted by Gasteiger charge is -2.22. The Morgan fingerprint density at radius 2 is 1.84 bits per heavy atom. The fraction of sp³-hybridized carbons (Fsp3) is 0.412. The van der Waals surface area contributed by atoms with Crippen LogP contribution in [-0.2, 0) is 27.5 Å². The summed E-state index contributed by atoms with van der Waals surface area (Å²) >= 11 is 0. The van der Waals surface area contributed by atoms with Crippen LogP contribution >= 0.6 is 0 Å². The summed E-state index contributed by atoms with van der Waals surface area (Å²) in [6.07, 6.45) is 4.96. The maximum Gasteiger partial charge on any atom is 0.270 e. The molecule has 130 valence electrons. The van der Waals surface area contributed by atoms with E-state index < -0.39 is 4.92 Å². The van der Waals surface area contributed by atoms with E-state index in [2.05, 4.69) is 0 Å². The van der Waals surface area contributed by atoms with Gasteiger partial charge in [-0.3, -0.25) is 24.6 Å². The Balaban J connectivity index is 1.68. The highest BCUT2D eigenvalue weighted by Crippen LogP contribution is 2.38. The van der Waals surface area contributed by atoms with E-state index in [1.54, 1.807) is 0 Å². The molecule has 1 aromatic carbocycles. The fourth-order valence-electron chi connectivity index (χ4n) is 3.70. The molecule has 25 heavy (non-hydrogen) atoms. The number of ether oxygens (including phenoxy) is 2. The summed E-state index contributed by atoms with van der Waals surface area (Å²) in [4.78, 5) is 37.1. The van der Waals surface area contributed by atoms with Crippen molar-refractivity contribution >= 4 is 17.5 Å². The third-order valence-corrected chi connectivity index (χ3v) is 4.91. The third kappa shape index (κ3) is 2.58. The molecule has 0 radical (unpaired) electrons. The zero-order valence-corrected chi connectivity index (χ0v) is 13.3. The number of non-ortho nitro benzene ring substituents is 1. The van der Waals surface area contributed by atoms with E-state index in [0.717, 1.165) is 0 Å². The van der Waals surface area contributed by atoms with Gasteiger partial charge in [0.25, 0.3) is 5.69 Å². The van der Waals surface area contributed by atoms with Crippen LogP contribution in [0.1, 0.15) is 24.0 Å². The first-order valence-electron chi connectivity index (χ1n) is 8.07. The van der Waals surface area contributed by atoms with Crippen molar-refractivity contribution in [1.29, 1.82) is 0 Å². The maximum atomic E-state index is 12.6. The number of benzene rings is 1. The standard InChI is InChI=1S/C17H16N2O6/c20-16-13-3-1-2-4-14(13)17(21)18(16)7-10-5-12(19(22)23)6-11-8-24-9-25-15(10)11/h1-2,5-6,13-14H,3-4,7-9H2. The van der Waals surface area contributed by atoms with Gasteiger partial charge in [-0.05, 0) is 12.8 Å². The minimum Gasteiger partial charge on any atom is -0.467 e. The van der Waals surface area contributed by atoms with Gasteiger partial charge in [-0.2, -0.15) is 0 Å². The normalized spacial score (nSPS) is 24.7. The van der Waals surface area contributed by atoms with E-state index in [-0.39, 0.29) is 49.3 Å². The summed E-state index contributed by atoms with van der Waals surface area (Å²) in [6.45, 7) is 0.213. The summed E-state index contributed by atoms with van der Waals surface area (Å²) in [5.41, 5.74) is 0.899. The van der Waals surface area contributed by atoms with Gasteiger partial charge < -0.3 is 9.47 Å². The number of hydrogen-bond acceptors (Lipinski definition) is 6. The Hall–Kier alpha value is -2.74. The van der Waals surface area contributed by atoms with Gasteiger partial charge >= 0.3 is 0 Å². The van der Waals surface area contributed by atoms with E-state index >= 15 is 0 Å². The van der Waals surface area contributed by atoms with Crippen LogP contribution in [0.5, 0.6) is 5.75 Å². The summed E-state index contributed by atoms with van der Waals surface area (Å²) in [5, 5.41) is 11.2. The van der Waals surface area contributed by atoms with E-state index in [1.165, 1.54) is 17.0 Å². The molecule has 0 bridgehead atoms. The van der Waals surface area contributed by atoms with E-state index in [9.17, 15) is 19.7 Å². The van der Waals surface area contributed by atoms with Crippen molar-refractivity contribution in [2.45, 2.75) is 26.0 Å². The predicted octanol–water partition coefficient (Wildman–Crippen LogP) is 1.91. The second-order valence-electron chi connectivity index (χ2n) is 6.38. The van der Waals surface area contributed by atoms with Crippen LogP contribution in [0.15, 0.2) is 24.3 Å². The van der Waals surface area contributed by atoms with Gasteiger partial charge in [0.1, 0.15) is 5.75 Å². The van der Waals surface area contributed by atoms with Crippen LogP contribution in [0.25, 0.3) is 0 Å². The molecule has 3 aliphatic rings. The van der Waals surface area contributed by atoms with Gasteiger partial charge in [-0.1, -0.05) is 12.2 Å². The van der Waals surface area contributed by atoms with Crippen LogP contribution < -0.4 is 4.74 Å². The van der Waals surface area contributed by atoms with E-state index in [1.807, 2.05) is 12.2 Å². The molecule has 8 nitrogen and oxygen atoms in total. The molecule has 8 heteroatoms. The summed E-state index contributed by atoms with van der Waals surface area (Å²) in [6, 6.07) is 2.76. The van der Waals surface area contributed by atoms with Crippen molar-refractivity contribution in [3.05, 3.63) is 45.5 Å². The van der Waals surface area contributed by atoms with Gasteiger partial charge in [-0.15, -0.1) is 0 Å². The molecule has 0 N–H and O–H groups in total. The molecular weight excluding hydrogens is 328 g/mol. The van der Waals surface area contributed by atoms with Crippen LogP contribution in [0.3, 0.4) is 0 Å². The average Bonchev–Trinajstić information content (AvgIpc) is 2.87. The number of carbonyl (C=O) groups excluding carboxylic acids is 2. The molecule has 1 fully saturated rings. The van der Waals surface area contributed by atoms with Crippen molar-refractivity contribution in [2.24, 2.45) is 11.8 Å². The summed E-state index contributed by atoms with van der Waals surface area (Å²) in [5.74, 6) is -0.615. The largest absolute Gasteiger partial charge is 0.467 e. The summed E-state index contributed by atoms with van der Waals surface area (Å²) < 4.78 is 10.7. The number of nitrogens with zero attached hydrogens (tertiary/aromatic N) is 2. The Morgan fingerprint density at radius 1 is 1.16 bits per heavy atom. The molecular formula is C17H16N2O6. The number of allylic oxidation sites excluding steroid dienone is 2. The Labute approximate surface area is 143 Å². The second kappa shape index (κ2) is 5.96. The number of imide groups is 1. The van der Waals surface area contributed by atoms with Gasteiger partial charge in [0.05, 0.1) is 29.9 Å². The number of rotatable bonds is 3. The van der Waals surface area contributed by atoms with Crippen molar-refractivity contribution < 1.29 is 24.0 Å². The smallest absolute Gasteiger partial charge is 0.270 e. The van der Waals surface area contributed by atoms with Gasteiger partial charge in [0.2, 0.25) is 11.8 Å². The minimum absolute atomic E-state index is 0.0192. The highest BCUT2D eigenvalue weighted by atomic mass is 16.7. The predicted molar refractivity (Wildman–Crippen MR) is 84.3 cm³/mol. The monoisotopic (exact) mass is 344 g/mol. The Bertz CT molecular complexity index is 777. The maximum absolute atomic E-state index is 12.6. The van der Waals surface area contributed by atoms with Crippen molar-refractivity contribution in [2.75, 3.05) is 6.79 Å². The molecule has 2 unspecified atom stereocenters. The van der Waals surface area contributed by atoms with Gasteiger partial charge in [0, 0.05) is 23.3 Å². The Morgan fingerprint density at radius 3 is 2.48 bits per heavy atom. The molecule has 1 aliphatic carbocycles. The lowest BCUT2D eigenvalue weighted by atomic mass is 9.85. The zero-order valence-electron chi connectivity index (χ0n) is 13.3. The molecule has 1 saturated heterocycles. The molecule has 0 spiro atoms. The molecule has 2 heterocycles. The molecule has 2 aliphatic heterocycles. The van der Waals surface area contributed by atoms with E-state index in [4.69, 9.17) is 9.47 Å². The number of nitro benzene ring substituents is 1. The number of carbonyl (C=O) groups is 2. The van der Waals surface area contributed by atoms with Crippen LogP contribution in [0, 0.1) is 22.0 Å². The molecule has 2 atom stereocenters. The topological polar surface area (TPSA) is 99.0 Å². The van der Waals surface area contributed by atoms with Crippen molar-refractivity contribution in [3.8, 4) is 5.75 Å². The van der Waals surface area contributed by atoms with Crippen molar-refractivity contribution in [1.82, 2.24) is 4.90 Å². The number of likely N-dealkylation sites (tertiary alicyclic amines) is 1. The number of fused-ring (bicyclic) bond motifs is 2. The lowest BCUT2D eigenvalue weighted by molar-refractivity contribution is -0.385. The van der Waals surface area contributed by atoms with Crippen LogP contribution in [0.2, 0.25) is 0 Å². The molecule has 1 aromatic rings. The zero-order chi connectivity index (χ0) is 17.6. The number of nitro groups is 1. The Kier molecular flexibility index (Phi) is 3.76. The van der Waals surface area contributed by atoms with Gasteiger partial charge in [-0.25, -0.2) is 0 Å². The first kappa shape index (κ1) is 15.8. The fourth-order valence-corrected chi connectivity index (χ4v) is 3.70. The average molecular weight is 344 g/mol. The highest BCUT2D eigenvalue weighted by Gasteiger charge is 2.47. The summed E-state index contributed by atoms with van der Waals surface area (Å²) in [7, 11) is 0.